The average molecular weight is 520 g/mol. The second-order valence-electron chi connectivity index (χ2n) is 9.10. The molecule has 194 valence electrons. The number of esters is 1. The Morgan fingerprint density at radius 1 is 1.15 bits per heavy atom. The van der Waals surface area contributed by atoms with Crippen LogP contribution in [0.5, 0.6) is 0 Å². The summed E-state index contributed by atoms with van der Waals surface area (Å²) in [6.45, 7) is 2.84. The third-order valence-corrected chi connectivity index (χ3v) is 8.04. The maximum absolute atomic E-state index is 11.8. The minimum absolute atomic E-state index is 0.00719. The van der Waals surface area contributed by atoms with Gasteiger partial charge >= 0.3 is 5.97 Å². The molecule has 6 atom stereocenters. The molecule has 9 nitrogen and oxygen atoms in total. The van der Waals surface area contributed by atoms with Gasteiger partial charge in [0.2, 0.25) is 15.9 Å². The molecular weight excluding hydrogens is 482 g/mol. The molecule has 0 aromatic rings. The summed E-state index contributed by atoms with van der Waals surface area (Å²) < 4.78 is 48.2. The smallest absolute Gasteiger partial charge is 0.302 e. The summed E-state index contributed by atoms with van der Waals surface area (Å²) in [5, 5.41) is 0. The highest BCUT2D eigenvalue weighted by Gasteiger charge is 2.50. The molecule has 0 radical (unpaired) electrons. The third kappa shape index (κ3) is 8.82. The van der Waals surface area contributed by atoms with Gasteiger partial charge in [-0.15, -0.1) is 11.8 Å². The van der Waals surface area contributed by atoms with Gasteiger partial charge in [0.15, 0.2) is 6.29 Å². The lowest BCUT2D eigenvalue weighted by Crippen LogP contribution is -2.36. The Balaban J connectivity index is 1.60. The van der Waals surface area contributed by atoms with Crippen molar-refractivity contribution in [2.45, 2.75) is 82.2 Å². The van der Waals surface area contributed by atoms with Gasteiger partial charge in [-0.25, -0.2) is 8.42 Å². The minimum Gasteiger partial charge on any atom is -0.462 e. The highest BCUT2D eigenvalue weighted by atomic mass is 32.2. The number of carbonyl (C=O) groups is 2. The standard InChI is InChI=1S/C23H37NO8S2/c1-16(25)31-18-15-19(32-21-11-7-8-12-29-21)22(23-30-13-14-33-23)17(18)9-5-3-4-6-10-20(26)24-34(2,27)28/h3,5,17-19,21-23H,4,6-15H2,1-2H3,(H,24,26)/t17-,18-,19+,21?,22-,23?/m1/s1. The number of hydrogen-bond donors (Lipinski definition) is 1. The van der Waals surface area contributed by atoms with Crippen molar-refractivity contribution in [2.24, 2.45) is 11.8 Å². The lowest BCUT2D eigenvalue weighted by atomic mass is 9.90. The van der Waals surface area contributed by atoms with Crippen LogP contribution in [0.15, 0.2) is 12.2 Å². The van der Waals surface area contributed by atoms with Crippen LogP contribution in [-0.2, 0) is 38.6 Å². The zero-order valence-electron chi connectivity index (χ0n) is 20.0. The Bertz CT molecular complexity index is 806. The number of amides is 1. The minimum atomic E-state index is -3.52. The molecule has 3 fully saturated rings. The zero-order valence-corrected chi connectivity index (χ0v) is 21.6. The van der Waals surface area contributed by atoms with Crippen LogP contribution in [0.25, 0.3) is 0 Å². The van der Waals surface area contributed by atoms with E-state index in [0.29, 0.717) is 38.9 Å². The topological polar surface area (TPSA) is 117 Å². The molecule has 0 aromatic carbocycles. The summed E-state index contributed by atoms with van der Waals surface area (Å²) in [6.07, 6.45) is 10.1. The first-order valence-corrected chi connectivity index (χ1v) is 15.0. The van der Waals surface area contributed by atoms with Gasteiger partial charge < -0.3 is 18.9 Å². The van der Waals surface area contributed by atoms with Crippen molar-refractivity contribution in [3.63, 3.8) is 0 Å². The third-order valence-electron chi connectivity index (χ3n) is 6.26. The van der Waals surface area contributed by atoms with Crippen molar-refractivity contribution in [3.8, 4) is 0 Å². The number of nitrogens with one attached hydrogen (secondary N) is 1. The molecule has 2 saturated heterocycles. The van der Waals surface area contributed by atoms with Crippen LogP contribution in [0.3, 0.4) is 0 Å². The second-order valence-corrected chi connectivity index (χ2v) is 12.1. The van der Waals surface area contributed by atoms with Crippen molar-refractivity contribution in [1.29, 1.82) is 0 Å². The van der Waals surface area contributed by atoms with E-state index in [1.807, 2.05) is 10.8 Å². The van der Waals surface area contributed by atoms with Crippen molar-refractivity contribution < 1.29 is 37.0 Å². The number of allylic oxidation sites excluding steroid dienone is 2. The number of ether oxygens (including phenoxy) is 4. The van der Waals surface area contributed by atoms with Crippen LogP contribution in [0, 0.1) is 11.8 Å². The molecule has 1 saturated carbocycles. The maximum Gasteiger partial charge on any atom is 0.302 e. The number of carbonyl (C=O) groups excluding carboxylic acids is 2. The Kier molecular flexibility index (Phi) is 10.7. The highest BCUT2D eigenvalue weighted by Crippen LogP contribution is 2.46. The van der Waals surface area contributed by atoms with Crippen LogP contribution in [0.1, 0.15) is 58.3 Å². The second kappa shape index (κ2) is 13.2. The first-order valence-electron chi connectivity index (χ1n) is 12.1. The molecule has 3 aliphatic rings. The molecule has 11 heteroatoms. The lowest BCUT2D eigenvalue weighted by molar-refractivity contribution is -0.200. The van der Waals surface area contributed by atoms with Crippen molar-refractivity contribution in [3.05, 3.63) is 12.2 Å². The molecule has 3 rings (SSSR count). The molecule has 1 N–H and O–H groups in total. The van der Waals surface area contributed by atoms with Crippen molar-refractivity contribution in [2.75, 3.05) is 25.2 Å². The zero-order chi connectivity index (χ0) is 24.6. The van der Waals surface area contributed by atoms with E-state index in [1.165, 1.54) is 6.92 Å². The summed E-state index contributed by atoms with van der Waals surface area (Å²) >= 11 is 1.78. The first-order chi connectivity index (χ1) is 16.2. The number of thioether (sulfide) groups is 1. The fourth-order valence-electron chi connectivity index (χ4n) is 4.89. The SMILES string of the molecule is CC(=O)O[C@@H]1C[C@H](OC2CCCCO2)[C@H](C2OCCS2)[C@@H]1CC=CCCCC(=O)NS(C)(=O)=O. The van der Waals surface area contributed by atoms with E-state index in [4.69, 9.17) is 18.9 Å². The number of unbranched alkanes of at least 4 members (excludes halogenated alkanes) is 1. The van der Waals surface area contributed by atoms with Gasteiger partial charge in [-0.2, -0.15) is 0 Å². The molecular formula is C23H37NO8S2. The summed E-state index contributed by atoms with van der Waals surface area (Å²) in [5.74, 6) is 0.265. The van der Waals surface area contributed by atoms with Crippen LogP contribution in [0.4, 0.5) is 0 Å². The lowest BCUT2D eigenvalue weighted by Gasteiger charge is -2.32. The number of sulfonamides is 1. The molecule has 0 bridgehead atoms. The Morgan fingerprint density at radius 3 is 2.62 bits per heavy atom. The molecule has 2 unspecified atom stereocenters. The maximum atomic E-state index is 11.8. The van der Waals surface area contributed by atoms with E-state index in [-0.39, 0.29) is 48.2 Å². The van der Waals surface area contributed by atoms with Gasteiger partial charge in [0, 0.05) is 44.0 Å². The quantitative estimate of drug-likeness (QED) is 0.250. The predicted octanol–water partition coefficient (Wildman–Crippen LogP) is 2.75. The molecule has 2 heterocycles. The van der Waals surface area contributed by atoms with E-state index < -0.39 is 15.9 Å². The summed E-state index contributed by atoms with van der Waals surface area (Å²) in [5.41, 5.74) is -0.00719. The number of hydrogen-bond acceptors (Lipinski definition) is 9. The molecule has 2 aliphatic heterocycles. The molecule has 0 aromatic heterocycles. The van der Waals surface area contributed by atoms with Gasteiger partial charge in [0.05, 0.1) is 19.0 Å². The van der Waals surface area contributed by atoms with E-state index in [2.05, 4.69) is 6.08 Å². The largest absolute Gasteiger partial charge is 0.462 e. The fraction of sp³-hybridized carbons (Fsp3) is 0.826. The van der Waals surface area contributed by atoms with E-state index >= 15 is 0 Å². The van der Waals surface area contributed by atoms with E-state index in [0.717, 1.165) is 31.3 Å². The Morgan fingerprint density at radius 2 is 1.97 bits per heavy atom. The Hall–Kier alpha value is -1.14. The van der Waals surface area contributed by atoms with Crippen LogP contribution >= 0.6 is 11.8 Å². The van der Waals surface area contributed by atoms with Gasteiger partial charge in [0.25, 0.3) is 0 Å². The van der Waals surface area contributed by atoms with E-state index in [9.17, 15) is 18.0 Å². The van der Waals surface area contributed by atoms with Gasteiger partial charge in [-0.1, -0.05) is 12.2 Å². The van der Waals surface area contributed by atoms with E-state index in [1.54, 1.807) is 11.8 Å². The van der Waals surface area contributed by atoms with Gasteiger partial charge in [-0.05, 0) is 38.5 Å². The number of rotatable bonds is 11. The molecule has 1 aliphatic carbocycles. The van der Waals surface area contributed by atoms with Gasteiger partial charge in [0.1, 0.15) is 11.5 Å². The monoisotopic (exact) mass is 519 g/mol. The summed E-state index contributed by atoms with van der Waals surface area (Å²) in [4.78, 5) is 23.5. The van der Waals surface area contributed by atoms with Crippen molar-refractivity contribution in [1.82, 2.24) is 4.72 Å². The molecule has 0 spiro atoms. The summed E-state index contributed by atoms with van der Waals surface area (Å²) in [7, 11) is -3.52. The highest BCUT2D eigenvalue weighted by molar-refractivity contribution is 8.00. The van der Waals surface area contributed by atoms with Crippen LogP contribution in [0.2, 0.25) is 0 Å². The average Bonchev–Trinajstić information content (AvgIpc) is 3.38. The van der Waals surface area contributed by atoms with Gasteiger partial charge in [-0.3, -0.25) is 14.3 Å². The first kappa shape index (κ1) is 27.4. The van der Waals surface area contributed by atoms with Crippen molar-refractivity contribution >= 4 is 33.7 Å². The fourth-order valence-corrected chi connectivity index (χ4v) is 6.62. The predicted molar refractivity (Wildman–Crippen MR) is 128 cm³/mol. The normalized spacial score (nSPS) is 32.2. The van der Waals surface area contributed by atoms with Crippen LogP contribution in [-0.4, -0.2) is 69.5 Å². The Labute approximate surface area is 206 Å². The van der Waals surface area contributed by atoms with Crippen LogP contribution < -0.4 is 4.72 Å². The molecule has 1 amide bonds. The molecule has 34 heavy (non-hydrogen) atoms. The summed E-state index contributed by atoms with van der Waals surface area (Å²) in [6, 6.07) is 0.